The van der Waals surface area contributed by atoms with E-state index >= 15 is 0 Å². The van der Waals surface area contributed by atoms with E-state index in [9.17, 15) is 9.59 Å². The highest BCUT2D eigenvalue weighted by atomic mass is 32.4. The van der Waals surface area contributed by atoms with Crippen molar-refractivity contribution in [3.63, 3.8) is 0 Å². The minimum atomic E-state index is -1.59. The van der Waals surface area contributed by atoms with Crippen LogP contribution in [-0.4, -0.2) is 88.1 Å². The quantitative estimate of drug-likeness (QED) is 0.224. The molecule has 0 radical (unpaired) electrons. The molecule has 1 saturated heterocycles. The van der Waals surface area contributed by atoms with Crippen LogP contribution in [0.4, 0.5) is 9.59 Å². The van der Waals surface area contributed by atoms with E-state index in [0.29, 0.717) is 19.7 Å². The van der Waals surface area contributed by atoms with Crippen LogP contribution in [0.2, 0.25) is 58.9 Å². The maximum absolute atomic E-state index is 13.3. The highest BCUT2D eigenvalue weighted by Crippen LogP contribution is 2.44. The molecule has 0 spiro atoms. The molecule has 1 aromatic carbocycles. The van der Waals surface area contributed by atoms with Crippen LogP contribution in [0.3, 0.4) is 0 Å². The number of carbonyl (C=O) groups excluding carboxylic acids is 2. The average molecular weight is 627 g/mol. The van der Waals surface area contributed by atoms with Crippen molar-refractivity contribution >= 4 is 51.9 Å². The van der Waals surface area contributed by atoms with Gasteiger partial charge in [-0.1, -0.05) is 89.3 Å². The Labute approximate surface area is 245 Å². The monoisotopic (exact) mass is 626 g/mol. The van der Waals surface area contributed by atoms with Crippen LogP contribution >= 0.6 is 11.2 Å². The van der Waals surface area contributed by atoms with E-state index in [2.05, 4.69) is 77.1 Å². The lowest BCUT2D eigenvalue weighted by molar-refractivity contribution is 0.0570. The van der Waals surface area contributed by atoms with Gasteiger partial charge in [-0.15, -0.1) is 0 Å². The zero-order chi connectivity index (χ0) is 29.6. The van der Waals surface area contributed by atoms with Crippen molar-refractivity contribution in [3.05, 3.63) is 35.9 Å². The normalized spacial score (nSPS) is 17.6. The van der Waals surface area contributed by atoms with Gasteiger partial charge < -0.3 is 19.3 Å². The number of hydrogen-bond donors (Lipinski definition) is 0. The molecule has 0 bridgehead atoms. The topological polar surface area (TPSA) is 59.1 Å². The van der Waals surface area contributed by atoms with Gasteiger partial charge >= 0.3 is 12.2 Å². The van der Waals surface area contributed by atoms with Crippen LogP contribution in [0.5, 0.6) is 0 Å². The van der Waals surface area contributed by atoms with Crippen LogP contribution < -0.4 is 0 Å². The van der Waals surface area contributed by atoms with E-state index < -0.39 is 28.6 Å². The average Bonchev–Trinajstić information content (AvgIpc) is 3.30. The minimum absolute atomic E-state index is 0.0735. The van der Waals surface area contributed by atoms with Gasteiger partial charge in [0, 0.05) is 41.6 Å². The number of nitrogens with zero attached hydrogens (tertiary/aromatic N) is 2. The third kappa shape index (κ3) is 8.05. The van der Waals surface area contributed by atoms with Gasteiger partial charge in [0.1, 0.15) is 6.61 Å². The molecular weight excluding hydrogens is 573 g/mol. The first-order chi connectivity index (χ1) is 18.0. The van der Waals surface area contributed by atoms with E-state index in [1.165, 1.54) is 0 Å². The first kappa shape index (κ1) is 34.2. The minimum Gasteiger partial charge on any atom is -0.450 e. The van der Waals surface area contributed by atoms with Crippen LogP contribution in [0.15, 0.2) is 30.3 Å². The van der Waals surface area contributed by atoms with Gasteiger partial charge in [-0.05, 0) is 32.3 Å². The second kappa shape index (κ2) is 13.8. The zero-order valence-electron chi connectivity index (χ0n) is 26.4. The van der Waals surface area contributed by atoms with Gasteiger partial charge in [-0.2, -0.15) is 11.2 Å². The van der Waals surface area contributed by atoms with Crippen LogP contribution in [0.25, 0.3) is 0 Å². The Balaban J connectivity index is 2.22. The molecular formula is C28H54N2O4SSi4. The summed E-state index contributed by atoms with van der Waals surface area (Å²) < 4.78 is 11.2. The maximum Gasteiger partial charge on any atom is 0.410 e. The molecule has 0 N–H and O–H groups in total. The molecule has 0 aliphatic carbocycles. The summed E-state index contributed by atoms with van der Waals surface area (Å²) in [7, 11) is -4.25. The van der Waals surface area contributed by atoms with Gasteiger partial charge in [-0.3, -0.25) is 0 Å². The van der Waals surface area contributed by atoms with Gasteiger partial charge in [0.25, 0.3) is 0 Å². The molecule has 2 atom stereocenters. The molecule has 2 amide bonds. The summed E-state index contributed by atoms with van der Waals surface area (Å²) in [5, 5.41) is 0. The fraction of sp³-hybridized carbons (Fsp3) is 0.714. The van der Waals surface area contributed by atoms with Crippen molar-refractivity contribution in [2.24, 2.45) is 0 Å². The third-order valence-corrected chi connectivity index (χ3v) is 97.1. The highest BCUT2D eigenvalue weighted by Gasteiger charge is 2.62. The Kier molecular flexibility index (Phi) is 12.1. The lowest BCUT2D eigenvalue weighted by Gasteiger charge is -2.56. The van der Waals surface area contributed by atoms with Crippen molar-refractivity contribution in [3.8, 4) is 0 Å². The summed E-state index contributed by atoms with van der Waals surface area (Å²) in [6.45, 7) is 29.3. The van der Waals surface area contributed by atoms with E-state index in [0.717, 1.165) is 24.2 Å². The fourth-order valence-electron chi connectivity index (χ4n) is 7.52. The molecule has 1 aliphatic heterocycles. The summed E-state index contributed by atoms with van der Waals surface area (Å²) in [6.07, 6.45) is 1.21. The molecule has 0 saturated carbocycles. The Morgan fingerprint density at radius 1 is 0.974 bits per heavy atom. The first-order valence-electron chi connectivity index (χ1n) is 14.5. The number of rotatable bonds is 12. The predicted octanol–water partition coefficient (Wildman–Crippen LogP) is 7.56. The maximum atomic E-state index is 13.3. The van der Waals surface area contributed by atoms with Gasteiger partial charge in [0.2, 0.25) is 0 Å². The number of benzene rings is 1. The van der Waals surface area contributed by atoms with Gasteiger partial charge in [0.05, 0.1) is 24.5 Å². The molecule has 0 aromatic heterocycles. The third-order valence-electron chi connectivity index (χ3n) is 8.11. The number of ether oxygens (including phenoxy) is 2. The second-order valence-electron chi connectivity index (χ2n) is 13.9. The van der Waals surface area contributed by atoms with Crippen molar-refractivity contribution < 1.29 is 19.1 Å². The van der Waals surface area contributed by atoms with Crippen LogP contribution in [-0.2, 0) is 16.1 Å². The van der Waals surface area contributed by atoms with Crippen molar-refractivity contribution in [1.29, 1.82) is 0 Å². The first-order valence-corrected chi connectivity index (χ1v) is 31.7. The number of hydrogen-bond acceptors (Lipinski definition) is 5. The van der Waals surface area contributed by atoms with Crippen molar-refractivity contribution in [1.82, 2.24) is 9.80 Å². The number of likely N-dealkylation sites (tertiary alicyclic amines) is 1. The van der Waals surface area contributed by atoms with E-state index in [4.69, 9.17) is 9.47 Å². The molecule has 1 heterocycles. The molecule has 6 nitrogen and oxygen atoms in total. The van der Waals surface area contributed by atoms with Gasteiger partial charge in [-0.25, -0.2) is 9.59 Å². The molecule has 11 heteroatoms. The predicted molar refractivity (Wildman–Crippen MR) is 178 cm³/mol. The Morgan fingerprint density at radius 3 is 2.05 bits per heavy atom. The lowest BCUT2D eigenvalue weighted by atomic mass is 10.1. The molecule has 1 aliphatic rings. The number of amides is 2. The molecule has 1 fully saturated rings. The van der Waals surface area contributed by atoms with E-state index in [1.54, 1.807) is 0 Å². The van der Waals surface area contributed by atoms with Crippen LogP contribution in [0, 0.1) is 0 Å². The Bertz CT molecular complexity index is 912. The zero-order valence-corrected chi connectivity index (χ0v) is 31.2. The summed E-state index contributed by atoms with van der Waals surface area (Å²) >= 11 is 2.30. The largest absolute Gasteiger partial charge is 0.450 e. The van der Waals surface area contributed by atoms with Crippen LogP contribution in [0.1, 0.15) is 32.3 Å². The molecule has 0 unspecified atom stereocenters. The van der Waals surface area contributed by atoms with Crippen molar-refractivity contribution in [2.75, 3.05) is 25.4 Å². The second-order valence-corrected chi connectivity index (χ2v) is 60.1. The molecule has 222 valence electrons. The molecule has 2 rings (SSSR count). The lowest BCUT2D eigenvalue weighted by Crippen LogP contribution is -2.81. The van der Waals surface area contributed by atoms with E-state index in [1.807, 2.05) is 47.1 Å². The molecule has 39 heavy (non-hydrogen) atoms. The Hall–Kier alpha value is -1.02. The summed E-state index contributed by atoms with van der Waals surface area (Å²) in [4.78, 5) is 30.1. The summed E-state index contributed by atoms with van der Waals surface area (Å²) in [5.74, 6) is -0.647. The van der Waals surface area contributed by atoms with Crippen molar-refractivity contribution in [2.45, 2.75) is 104 Å². The Morgan fingerprint density at radius 2 is 1.54 bits per heavy atom. The SMILES string of the molecule is CCOC(=O)N(CCS[Si]([Si](C)(C)C)([Si](C)(C)C)[Si](C)(C)C)[C@@H](C)[C@H]1CCCN1C(=O)OCc1ccccc1. The van der Waals surface area contributed by atoms with E-state index in [-0.39, 0.29) is 30.9 Å². The standard InChI is InChI=1S/C28H54N2O4SSi4/c1-12-33-27(31)29(21-22-35-39(36(3,4)5,37(6,7)8)38(9,10)11)24(2)26-19-16-20-30(26)28(32)34-23-25-17-14-13-15-18-25/h13-15,17-18,24,26H,12,16,19-23H2,1-11H3/t24-,26+/m0/s1. The fourth-order valence-corrected chi connectivity index (χ4v) is 117. The summed E-state index contributed by atoms with van der Waals surface area (Å²) in [5.41, 5.74) is 0.972. The highest BCUT2D eigenvalue weighted by molar-refractivity contribution is 8.50. The molecule has 1 aromatic rings. The number of carbonyl (C=O) groups is 2. The van der Waals surface area contributed by atoms with Gasteiger partial charge in [0.15, 0.2) is 0 Å². The summed E-state index contributed by atoms with van der Waals surface area (Å²) in [6, 6.07) is 9.56. The smallest absolute Gasteiger partial charge is 0.410 e.